The van der Waals surface area contributed by atoms with E-state index in [9.17, 15) is 20.1 Å². The van der Waals surface area contributed by atoms with E-state index in [4.69, 9.17) is 10.5 Å². The summed E-state index contributed by atoms with van der Waals surface area (Å²) in [5, 5.41) is 19.8. The van der Waals surface area contributed by atoms with Crippen molar-refractivity contribution in [1.29, 1.82) is 10.5 Å². The van der Waals surface area contributed by atoms with E-state index in [0.717, 1.165) is 24.8 Å². The van der Waals surface area contributed by atoms with Gasteiger partial charge in [-0.15, -0.1) is 0 Å². The van der Waals surface area contributed by atoms with Crippen LogP contribution in [0.1, 0.15) is 50.0 Å². The van der Waals surface area contributed by atoms with E-state index in [0.29, 0.717) is 23.5 Å². The van der Waals surface area contributed by atoms with E-state index >= 15 is 0 Å². The quantitative estimate of drug-likeness (QED) is 0.783. The molecule has 0 spiro atoms. The number of ether oxygens (including phenoxy) is 1. The number of nitrogens with zero attached hydrogens (tertiary/aromatic N) is 2. The second-order valence-corrected chi connectivity index (χ2v) is 9.93. The van der Waals surface area contributed by atoms with E-state index in [1.54, 1.807) is 24.3 Å². The first-order valence-electron chi connectivity index (χ1n) is 10.8. The maximum absolute atomic E-state index is 13.8. The average Bonchev–Trinajstić information content (AvgIpc) is 3.40. The molecule has 5 aliphatic rings. The Balaban J connectivity index is 1.41. The molecule has 30 heavy (non-hydrogen) atoms. The normalized spacial score (nSPS) is 37.1. The summed E-state index contributed by atoms with van der Waals surface area (Å²) in [4.78, 5) is 24.7. The molecule has 5 aliphatic carbocycles. The maximum Gasteiger partial charge on any atom is 0.255 e. The molecule has 0 heterocycles. The monoisotopic (exact) mass is 403 g/mol. The van der Waals surface area contributed by atoms with Crippen LogP contribution >= 0.6 is 0 Å². The van der Waals surface area contributed by atoms with E-state index in [-0.39, 0.29) is 17.8 Å². The van der Waals surface area contributed by atoms with Crippen LogP contribution in [-0.4, -0.2) is 18.3 Å². The number of amides is 1. The van der Waals surface area contributed by atoms with Crippen LogP contribution in [0.2, 0.25) is 0 Å². The van der Waals surface area contributed by atoms with Crippen LogP contribution in [0.15, 0.2) is 24.3 Å². The number of nitriles is 2. The summed E-state index contributed by atoms with van der Waals surface area (Å²) < 4.78 is 5.29. The van der Waals surface area contributed by atoms with Crippen molar-refractivity contribution >= 4 is 11.7 Å². The van der Waals surface area contributed by atoms with Gasteiger partial charge in [-0.05, 0) is 74.0 Å². The number of carbonyl (C=O) groups excluding carboxylic acids is 2. The summed E-state index contributed by atoms with van der Waals surface area (Å²) in [5.74, 6) is 1.04. The standard InChI is InChI=1S/C24H25N3O3/c25-12-24(13-26)20(17-1-3-18(4-2-17)30-11-19(27)28)21(24)22(29)23-8-14-5-15(9-23)7-16(6-14)10-23/h1-4,14-16,20-21H,5-11H2,(H2,27,28). The van der Waals surface area contributed by atoms with Crippen LogP contribution in [0.5, 0.6) is 5.75 Å². The predicted molar refractivity (Wildman–Crippen MR) is 107 cm³/mol. The fourth-order valence-electron chi connectivity index (χ4n) is 7.17. The lowest BCUT2D eigenvalue weighted by Crippen LogP contribution is -2.50. The molecule has 5 fully saturated rings. The molecule has 5 saturated carbocycles. The Hall–Kier alpha value is -2.86. The van der Waals surface area contributed by atoms with E-state index in [2.05, 4.69) is 12.1 Å². The number of rotatable bonds is 6. The second-order valence-electron chi connectivity index (χ2n) is 9.93. The van der Waals surface area contributed by atoms with Crippen molar-refractivity contribution in [1.82, 2.24) is 0 Å². The Kier molecular flexibility index (Phi) is 4.19. The van der Waals surface area contributed by atoms with Crippen molar-refractivity contribution < 1.29 is 14.3 Å². The van der Waals surface area contributed by atoms with Gasteiger partial charge >= 0.3 is 0 Å². The van der Waals surface area contributed by atoms with Gasteiger partial charge in [-0.25, -0.2) is 0 Å². The van der Waals surface area contributed by atoms with Gasteiger partial charge in [0.05, 0.1) is 18.1 Å². The van der Waals surface area contributed by atoms with Crippen LogP contribution in [0.25, 0.3) is 0 Å². The summed E-state index contributed by atoms with van der Waals surface area (Å²) in [6.07, 6.45) is 6.55. The molecule has 0 saturated heterocycles. The van der Waals surface area contributed by atoms with Crippen molar-refractivity contribution in [3.63, 3.8) is 0 Å². The third-order valence-corrected chi connectivity index (χ3v) is 8.04. The molecule has 4 bridgehead atoms. The minimum Gasteiger partial charge on any atom is -0.484 e. The minimum atomic E-state index is -1.28. The Bertz CT molecular complexity index is 935. The lowest BCUT2D eigenvalue weighted by atomic mass is 9.48. The minimum absolute atomic E-state index is 0.156. The van der Waals surface area contributed by atoms with Crippen LogP contribution in [0.3, 0.4) is 0 Å². The van der Waals surface area contributed by atoms with E-state index < -0.39 is 23.2 Å². The number of benzene rings is 1. The first kappa shape index (κ1) is 19.1. The third kappa shape index (κ3) is 2.74. The van der Waals surface area contributed by atoms with Gasteiger partial charge in [-0.3, -0.25) is 9.59 Å². The molecule has 0 radical (unpaired) electrons. The Labute approximate surface area is 176 Å². The summed E-state index contributed by atoms with van der Waals surface area (Å²) in [6, 6.07) is 11.4. The molecule has 1 aromatic carbocycles. The zero-order valence-corrected chi connectivity index (χ0v) is 16.8. The number of ketones is 1. The molecule has 6 nitrogen and oxygen atoms in total. The number of nitrogens with two attached hydrogens (primary N) is 1. The van der Waals surface area contributed by atoms with Gasteiger partial charge in [0.1, 0.15) is 11.5 Å². The van der Waals surface area contributed by atoms with Gasteiger partial charge in [0.15, 0.2) is 12.0 Å². The van der Waals surface area contributed by atoms with Gasteiger partial charge in [0.25, 0.3) is 5.91 Å². The first-order chi connectivity index (χ1) is 14.4. The van der Waals surface area contributed by atoms with Crippen LogP contribution < -0.4 is 10.5 Å². The highest BCUT2D eigenvalue weighted by Gasteiger charge is 2.73. The topological polar surface area (TPSA) is 117 Å². The van der Waals surface area contributed by atoms with Gasteiger partial charge in [-0.1, -0.05) is 12.1 Å². The molecule has 0 aromatic heterocycles. The summed E-state index contributed by atoms with van der Waals surface area (Å²) >= 11 is 0. The van der Waals surface area contributed by atoms with Crippen molar-refractivity contribution in [2.75, 3.05) is 6.61 Å². The molecule has 2 N–H and O–H groups in total. The van der Waals surface area contributed by atoms with Gasteiger partial charge in [0, 0.05) is 11.3 Å². The SMILES string of the molecule is N#CC1(C#N)C(C(=O)C23CC4CC(CC(C4)C2)C3)C1c1ccc(OCC(N)=O)cc1. The van der Waals surface area contributed by atoms with Crippen LogP contribution in [0.4, 0.5) is 0 Å². The molecular weight excluding hydrogens is 378 g/mol. The number of primary amides is 1. The lowest BCUT2D eigenvalue weighted by molar-refractivity contribution is -0.145. The second kappa shape index (κ2) is 6.57. The highest BCUT2D eigenvalue weighted by molar-refractivity contribution is 5.94. The lowest BCUT2D eigenvalue weighted by Gasteiger charge is -2.56. The number of hydrogen-bond acceptors (Lipinski definition) is 5. The molecule has 1 aromatic rings. The highest BCUT2D eigenvalue weighted by atomic mass is 16.5. The molecule has 2 unspecified atom stereocenters. The molecule has 1 amide bonds. The molecule has 6 rings (SSSR count). The van der Waals surface area contributed by atoms with E-state index in [1.165, 1.54) is 19.3 Å². The van der Waals surface area contributed by atoms with Crippen molar-refractivity contribution in [3.8, 4) is 17.9 Å². The Morgan fingerprint density at radius 3 is 2.00 bits per heavy atom. The molecular formula is C24H25N3O3. The summed E-state index contributed by atoms with van der Waals surface area (Å²) in [6.45, 7) is -0.212. The average molecular weight is 403 g/mol. The molecule has 2 atom stereocenters. The fourth-order valence-corrected chi connectivity index (χ4v) is 7.17. The smallest absolute Gasteiger partial charge is 0.255 e. The zero-order valence-electron chi connectivity index (χ0n) is 16.8. The van der Waals surface area contributed by atoms with Crippen molar-refractivity contribution in [3.05, 3.63) is 29.8 Å². The third-order valence-electron chi connectivity index (χ3n) is 8.04. The molecule has 154 valence electrons. The zero-order chi connectivity index (χ0) is 21.1. The largest absolute Gasteiger partial charge is 0.484 e. The highest BCUT2D eigenvalue weighted by Crippen LogP contribution is 2.70. The van der Waals surface area contributed by atoms with Crippen LogP contribution in [-0.2, 0) is 9.59 Å². The maximum atomic E-state index is 13.8. The summed E-state index contributed by atoms with van der Waals surface area (Å²) in [7, 11) is 0. The van der Waals surface area contributed by atoms with Crippen LogP contribution in [0, 0.1) is 57.2 Å². The van der Waals surface area contributed by atoms with Gasteiger partial charge < -0.3 is 10.5 Å². The predicted octanol–water partition coefficient (Wildman–Crippen LogP) is 3.08. The fraction of sp³-hybridized carbons (Fsp3) is 0.583. The Morgan fingerprint density at radius 2 is 1.53 bits per heavy atom. The molecule has 6 heteroatoms. The number of carbonyl (C=O) groups is 2. The van der Waals surface area contributed by atoms with Gasteiger partial charge in [0.2, 0.25) is 0 Å². The Morgan fingerprint density at radius 1 is 1.00 bits per heavy atom. The van der Waals surface area contributed by atoms with E-state index in [1.807, 2.05) is 0 Å². The first-order valence-corrected chi connectivity index (χ1v) is 10.8. The number of Topliss-reactive ketones (excluding diaryl/α,β-unsaturated/α-hetero) is 1. The van der Waals surface area contributed by atoms with Crippen molar-refractivity contribution in [2.24, 2.45) is 40.2 Å². The van der Waals surface area contributed by atoms with Gasteiger partial charge in [-0.2, -0.15) is 10.5 Å². The number of hydrogen-bond donors (Lipinski definition) is 1. The van der Waals surface area contributed by atoms with Crippen molar-refractivity contribution in [2.45, 2.75) is 44.4 Å². The summed E-state index contributed by atoms with van der Waals surface area (Å²) in [5.41, 5.74) is 4.30. The molecule has 0 aliphatic heterocycles.